The summed E-state index contributed by atoms with van der Waals surface area (Å²) in [7, 11) is 1.42. The van der Waals surface area contributed by atoms with E-state index in [2.05, 4.69) is 5.32 Å². The van der Waals surface area contributed by atoms with Gasteiger partial charge in [0.1, 0.15) is 17.2 Å². The van der Waals surface area contributed by atoms with E-state index in [1.165, 1.54) is 37.4 Å². The first-order valence-electron chi connectivity index (χ1n) is 6.08. The minimum atomic E-state index is -0.502. The van der Waals surface area contributed by atoms with Gasteiger partial charge in [-0.15, -0.1) is 0 Å². The Morgan fingerprint density at radius 1 is 1.24 bits per heavy atom. The van der Waals surface area contributed by atoms with Crippen molar-refractivity contribution in [1.29, 1.82) is 0 Å². The molecule has 2 rings (SSSR count). The Hall–Kier alpha value is -2.96. The van der Waals surface area contributed by atoms with Crippen LogP contribution in [0.3, 0.4) is 0 Å². The van der Waals surface area contributed by atoms with Crippen LogP contribution in [0.15, 0.2) is 36.4 Å². The molecule has 0 fully saturated rings. The number of nitro groups is 1. The Morgan fingerprint density at radius 2 is 2.00 bits per heavy atom. The van der Waals surface area contributed by atoms with Crippen molar-refractivity contribution in [3.63, 3.8) is 0 Å². The van der Waals surface area contributed by atoms with E-state index in [4.69, 9.17) is 4.74 Å². The van der Waals surface area contributed by atoms with E-state index in [0.717, 1.165) is 0 Å². The largest absolute Gasteiger partial charge is 0.508 e. The molecule has 0 aliphatic rings. The number of nitrogens with one attached hydrogen (secondary N) is 1. The van der Waals surface area contributed by atoms with Gasteiger partial charge in [0.25, 0.3) is 5.69 Å². The normalized spacial score (nSPS) is 10.1. The van der Waals surface area contributed by atoms with Gasteiger partial charge >= 0.3 is 0 Å². The lowest BCUT2D eigenvalue weighted by Crippen LogP contribution is -2.02. The summed E-state index contributed by atoms with van der Waals surface area (Å²) in [5.41, 5.74) is 1.08. The molecule has 0 bridgehead atoms. The monoisotopic (exact) mass is 290 g/mol. The second kappa shape index (κ2) is 6.00. The van der Waals surface area contributed by atoms with Crippen LogP contribution in [0, 0.1) is 10.1 Å². The van der Waals surface area contributed by atoms with Crippen LogP contribution in [-0.2, 0) is 6.54 Å². The van der Waals surface area contributed by atoms with Gasteiger partial charge in [-0.3, -0.25) is 10.1 Å². The van der Waals surface area contributed by atoms with Crippen LogP contribution >= 0.6 is 0 Å². The quantitative estimate of drug-likeness (QED) is 0.577. The molecule has 7 heteroatoms. The first-order valence-corrected chi connectivity index (χ1v) is 6.08. The molecule has 0 aliphatic carbocycles. The van der Waals surface area contributed by atoms with Gasteiger partial charge < -0.3 is 20.3 Å². The summed E-state index contributed by atoms with van der Waals surface area (Å²) >= 11 is 0. The molecular weight excluding hydrogens is 276 g/mol. The molecule has 0 amide bonds. The fraction of sp³-hybridized carbons (Fsp3) is 0.143. The zero-order valence-electron chi connectivity index (χ0n) is 11.2. The van der Waals surface area contributed by atoms with Crippen molar-refractivity contribution < 1.29 is 19.9 Å². The molecule has 0 spiro atoms. The van der Waals surface area contributed by atoms with Gasteiger partial charge in [-0.2, -0.15) is 0 Å². The van der Waals surface area contributed by atoms with Gasteiger partial charge in [-0.25, -0.2) is 0 Å². The topological polar surface area (TPSA) is 105 Å². The SMILES string of the molecule is COc1cc([N+](=O)[O-])ccc1NCc1ccc(O)cc1O. The van der Waals surface area contributed by atoms with Gasteiger partial charge in [0.15, 0.2) is 0 Å². The molecule has 0 radical (unpaired) electrons. The van der Waals surface area contributed by atoms with Crippen LogP contribution in [0.4, 0.5) is 11.4 Å². The van der Waals surface area contributed by atoms with Gasteiger partial charge in [-0.05, 0) is 18.2 Å². The van der Waals surface area contributed by atoms with E-state index >= 15 is 0 Å². The summed E-state index contributed by atoms with van der Waals surface area (Å²) < 4.78 is 5.10. The number of anilines is 1. The Bertz CT molecular complexity index is 672. The maximum absolute atomic E-state index is 10.7. The lowest BCUT2D eigenvalue weighted by Gasteiger charge is -2.12. The fourth-order valence-electron chi connectivity index (χ4n) is 1.83. The van der Waals surface area contributed by atoms with Crippen LogP contribution < -0.4 is 10.1 Å². The molecule has 0 saturated heterocycles. The number of nitrogens with zero attached hydrogens (tertiary/aromatic N) is 1. The van der Waals surface area contributed by atoms with Crippen LogP contribution in [0.5, 0.6) is 17.2 Å². The highest BCUT2D eigenvalue weighted by molar-refractivity contribution is 5.61. The zero-order chi connectivity index (χ0) is 15.4. The number of hydrogen-bond acceptors (Lipinski definition) is 6. The van der Waals surface area contributed by atoms with Crippen molar-refractivity contribution in [1.82, 2.24) is 0 Å². The minimum absolute atomic E-state index is 0.0239. The zero-order valence-corrected chi connectivity index (χ0v) is 11.2. The summed E-state index contributed by atoms with van der Waals surface area (Å²) in [4.78, 5) is 10.2. The minimum Gasteiger partial charge on any atom is -0.508 e. The van der Waals surface area contributed by atoms with E-state index in [9.17, 15) is 20.3 Å². The maximum atomic E-state index is 10.7. The third-order valence-corrected chi connectivity index (χ3v) is 2.93. The standard InChI is InChI=1S/C14H14N2O5/c1-21-14-6-10(16(19)20)3-5-12(14)15-8-9-2-4-11(17)7-13(9)18/h2-7,15,17-18H,8H2,1H3. The van der Waals surface area contributed by atoms with Crippen LogP contribution in [-0.4, -0.2) is 22.2 Å². The summed E-state index contributed by atoms with van der Waals surface area (Å²) in [6.07, 6.45) is 0. The Morgan fingerprint density at radius 3 is 2.62 bits per heavy atom. The molecule has 2 aromatic rings. The van der Waals surface area contributed by atoms with Crippen molar-refractivity contribution in [3.05, 3.63) is 52.1 Å². The number of nitro benzene ring substituents is 1. The van der Waals surface area contributed by atoms with Gasteiger partial charge in [0.05, 0.1) is 23.8 Å². The lowest BCUT2D eigenvalue weighted by atomic mass is 10.2. The molecule has 21 heavy (non-hydrogen) atoms. The van der Waals surface area contributed by atoms with E-state index in [-0.39, 0.29) is 23.7 Å². The van der Waals surface area contributed by atoms with Gasteiger partial charge in [0, 0.05) is 24.2 Å². The van der Waals surface area contributed by atoms with Crippen LogP contribution in [0.2, 0.25) is 0 Å². The first-order chi connectivity index (χ1) is 10.0. The Balaban J connectivity index is 2.17. The molecule has 0 saturated carbocycles. The first kappa shape index (κ1) is 14.4. The van der Waals surface area contributed by atoms with Crippen molar-refractivity contribution in [3.8, 4) is 17.2 Å². The average Bonchev–Trinajstić information content (AvgIpc) is 2.46. The molecule has 110 valence electrons. The van der Waals surface area contributed by atoms with Crippen LogP contribution in [0.1, 0.15) is 5.56 Å². The van der Waals surface area contributed by atoms with Crippen molar-refractivity contribution in [2.24, 2.45) is 0 Å². The summed E-state index contributed by atoms with van der Waals surface area (Å²) in [5, 5.41) is 32.6. The molecule has 7 nitrogen and oxygen atoms in total. The van der Waals surface area contributed by atoms with Gasteiger partial charge in [0.2, 0.25) is 0 Å². The van der Waals surface area contributed by atoms with E-state index < -0.39 is 4.92 Å². The molecule has 0 atom stereocenters. The summed E-state index contributed by atoms with van der Waals surface area (Å²) in [6.45, 7) is 0.278. The van der Waals surface area contributed by atoms with E-state index in [1.807, 2.05) is 0 Å². The van der Waals surface area contributed by atoms with Crippen molar-refractivity contribution in [2.75, 3.05) is 12.4 Å². The van der Waals surface area contributed by atoms with Crippen molar-refractivity contribution >= 4 is 11.4 Å². The maximum Gasteiger partial charge on any atom is 0.273 e. The van der Waals surface area contributed by atoms with E-state index in [0.29, 0.717) is 17.0 Å². The molecule has 2 aromatic carbocycles. The number of aromatic hydroxyl groups is 2. The fourth-order valence-corrected chi connectivity index (χ4v) is 1.83. The van der Waals surface area contributed by atoms with Crippen molar-refractivity contribution in [2.45, 2.75) is 6.54 Å². The molecule has 0 aliphatic heterocycles. The summed E-state index contributed by atoms with van der Waals surface area (Å²) in [5.74, 6) is 0.273. The number of methoxy groups -OCH3 is 1. The predicted molar refractivity (Wildman–Crippen MR) is 76.7 cm³/mol. The van der Waals surface area contributed by atoms with Gasteiger partial charge in [-0.1, -0.05) is 0 Å². The second-order valence-electron chi connectivity index (χ2n) is 4.31. The predicted octanol–water partition coefficient (Wildman–Crippen LogP) is 2.63. The second-order valence-corrected chi connectivity index (χ2v) is 4.31. The summed E-state index contributed by atoms with van der Waals surface area (Å²) in [6, 6.07) is 8.50. The Labute approximate surface area is 120 Å². The number of phenols is 2. The molecule has 3 N–H and O–H groups in total. The molecular formula is C14H14N2O5. The third kappa shape index (κ3) is 3.33. The number of benzene rings is 2. The highest BCUT2D eigenvalue weighted by atomic mass is 16.6. The Kier molecular flexibility index (Phi) is 4.13. The third-order valence-electron chi connectivity index (χ3n) is 2.93. The average molecular weight is 290 g/mol. The van der Waals surface area contributed by atoms with E-state index in [1.54, 1.807) is 6.07 Å². The number of non-ortho nitro benzene ring substituents is 1. The smallest absolute Gasteiger partial charge is 0.273 e. The number of phenolic OH excluding ortho intramolecular Hbond substituents is 2. The number of rotatable bonds is 5. The molecule has 0 heterocycles. The lowest BCUT2D eigenvalue weighted by molar-refractivity contribution is -0.384. The van der Waals surface area contributed by atoms with Crippen LogP contribution in [0.25, 0.3) is 0 Å². The molecule has 0 aromatic heterocycles. The highest BCUT2D eigenvalue weighted by Gasteiger charge is 2.11. The molecule has 0 unspecified atom stereocenters. The number of ether oxygens (including phenoxy) is 1. The highest BCUT2D eigenvalue weighted by Crippen LogP contribution is 2.30. The number of hydrogen-bond donors (Lipinski definition) is 3.